The third-order valence-corrected chi connectivity index (χ3v) is 4.30. The summed E-state index contributed by atoms with van der Waals surface area (Å²) >= 11 is 1.21. The van der Waals surface area contributed by atoms with Crippen LogP contribution in [0.5, 0.6) is 5.75 Å². The molecule has 2 heterocycles. The fraction of sp³-hybridized carbons (Fsp3) is 0.200. The number of carbonyl (C=O) groups is 1. The van der Waals surface area contributed by atoms with Gasteiger partial charge in [0.1, 0.15) is 22.6 Å². The molecule has 1 unspecified atom stereocenters. The lowest BCUT2D eigenvalue weighted by molar-refractivity contribution is -0.274. The number of alkyl halides is 3. The van der Waals surface area contributed by atoms with Crippen LogP contribution in [0.3, 0.4) is 0 Å². The third-order valence-electron chi connectivity index (χ3n) is 3.20. The van der Waals surface area contributed by atoms with Gasteiger partial charge in [-0.05, 0) is 31.2 Å². The molecule has 0 bridgehead atoms. The molecule has 2 aromatic heterocycles. The van der Waals surface area contributed by atoms with E-state index in [-0.39, 0.29) is 11.7 Å². The third kappa shape index (κ3) is 4.42. The lowest BCUT2D eigenvalue weighted by Crippen LogP contribution is -2.22. The molecule has 0 radical (unpaired) electrons. The first-order valence-corrected chi connectivity index (χ1v) is 8.17. The quantitative estimate of drug-likeness (QED) is 0.518. The monoisotopic (exact) mass is 383 g/mol. The first kappa shape index (κ1) is 18.0. The molecule has 0 fully saturated rings. The molecule has 0 aliphatic rings. The van der Waals surface area contributed by atoms with Crippen LogP contribution in [0.2, 0.25) is 0 Å². The zero-order chi connectivity index (χ0) is 18.7. The summed E-state index contributed by atoms with van der Waals surface area (Å²) in [5, 5.41) is 2.69. The number of imidazole rings is 1. The van der Waals surface area contributed by atoms with E-state index in [1.807, 2.05) is 0 Å². The van der Waals surface area contributed by atoms with Crippen LogP contribution >= 0.6 is 11.8 Å². The van der Waals surface area contributed by atoms with Crippen molar-refractivity contribution in [3.05, 3.63) is 36.9 Å². The Kier molecular flexibility index (Phi) is 4.98. The van der Waals surface area contributed by atoms with E-state index in [0.717, 1.165) is 12.1 Å². The number of hydrogen-bond donors (Lipinski definition) is 2. The van der Waals surface area contributed by atoms with E-state index in [0.29, 0.717) is 21.9 Å². The van der Waals surface area contributed by atoms with E-state index < -0.39 is 11.6 Å². The molecule has 136 valence electrons. The average molecular weight is 383 g/mol. The van der Waals surface area contributed by atoms with Crippen LogP contribution < -0.4 is 10.1 Å². The van der Waals surface area contributed by atoms with Crippen LogP contribution in [-0.4, -0.2) is 37.5 Å². The van der Waals surface area contributed by atoms with Gasteiger partial charge in [-0.3, -0.25) is 4.79 Å². The zero-order valence-electron chi connectivity index (χ0n) is 13.2. The van der Waals surface area contributed by atoms with Crippen molar-refractivity contribution in [1.82, 2.24) is 19.9 Å². The minimum Gasteiger partial charge on any atom is -0.406 e. The second kappa shape index (κ2) is 7.20. The SMILES string of the molecule is CC(Sc1ncnc2nc[nH]c12)C(=O)Nc1ccc(OC(F)(F)F)cc1. The highest BCUT2D eigenvalue weighted by Crippen LogP contribution is 2.27. The summed E-state index contributed by atoms with van der Waals surface area (Å²) in [4.78, 5) is 27.4. The van der Waals surface area contributed by atoms with Crippen molar-refractivity contribution in [1.29, 1.82) is 0 Å². The molecule has 0 aliphatic carbocycles. The average Bonchev–Trinajstić information content (AvgIpc) is 3.05. The van der Waals surface area contributed by atoms with E-state index in [1.165, 1.54) is 36.5 Å². The molecular formula is C15H12F3N5O2S. The lowest BCUT2D eigenvalue weighted by atomic mass is 10.3. The summed E-state index contributed by atoms with van der Waals surface area (Å²) in [6, 6.07) is 4.90. The highest BCUT2D eigenvalue weighted by Gasteiger charge is 2.31. The number of benzene rings is 1. The molecule has 0 spiro atoms. The summed E-state index contributed by atoms with van der Waals surface area (Å²) in [6.45, 7) is 1.69. The second-order valence-electron chi connectivity index (χ2n) is 5.10. The van der Waals surface area contributed by atoms with E-state index in [2.05, 4.69) is 30.0 Å². The van der Waals surface area contributed by atoms with Crippen molar-refractivity contribution < 1.29 is 22.7 Å². The second-order valence-corrected chi connectivity index (χ2v) is 6.43. The van der Waals surface area contributed by atoms with Gasteiger partial charge in [0.25, 0.3) is 0 Å². The van der Waals surface area contributed by atoms with Crippen molar-refractivity contribution in [3.63, 3.8) is 0 Å². The summed E-state index contributed by atoms with van der Waals surface area (Å²) in [5.74, 6) is -0.689. The number of amides is 1. The van der Waals surface area contributed by atoms with Gasteiger partial charge in [0.2, 0.25) is 5.91 Å². The summed E-state index contributed by atoms with van der Waals surface area (Å²) in [6.07, 6.45) is -1.92. The maximum atomic E-state index is 12.3. The van der Waals surface area contributed by atoms with Gasteiger partial charge in [-0.25, -0.2) is 15.0 Å². The fourth-order valence-corrected chi connectivity index (χ4v) is 2.91. The van der Waals surface area contributed by atoms with Crippen LogP contribution in [0, 0.1) is 0 Å². The Labute approximate surface area is 149 Å². The van der Waals surface area contributed by atoms with E-state index in [1.54, 1.807) is 6.92 Å². The number of fused-ring (bicyclic) bond motifs is 1. The van der Waals surface area contributed by atoms with E-state index in [9.17, 15) is 18.0 Å². The molecule has 3 aromatic rings. The number of H-pyrrole nitrogens is 1. The predicted octanol–water partition coefficient (Wildman–Crippen LogP) is 3.37. The summed E-state index contributed by atoms with van der Waals surface area (Å²) < 4.78 is 40.2. The molecular weight excluding hydrogens is 371 g/mol. The zero-order valence-corrected chi connectivity index (χ0v) is 14.1. The number of aromatic nitrogens is 4. The van der Waals surface area contributed by atoms with E-state index >= 15 is 0 Å². The lowest BCUT2D eigenvalue weighted by Gasteiger charge is -2.13. The number of nitrogens with zero attached hydrogens (tertiary/aromatic N) is 3. The number of ether oxygens (including phenoxy) is 1. The Morgan fingerprint density at radius 1 is 1.23 bits per heavy atom. The summed E-state index contributed by atoms with van der Waals surface area (Å²) in [5.41, 5.74) is 1.48. The molecule has 3 rings (SSSR count). The van der Waals surface area contributed by atoms with Gasteiger partial charge in [0, 0.05) is 5.69 Å². The van der Waals surface area contributed by atoms with Crippen LogP contribution in [-0.2, 0) is 4.79 Å². The minimum absolute atomic E-state index is 0.328. The van der Waals surface area contributed by atoms with Crippen molar-refractivity contribution in [3.8, 4) is 5.75 Å². The molecule has 26 heavy (non-hydrogen) atoms. The maximum Gasteiger partial charge on any atom is 0.573 e. The highest BCUT2D eigenvalue weighted by molar-refractivity contribution is 8.00. The molecule has 0 saturated heterocycles. The molecule has 7 nitrogen and oxygen atoms in total. The fourth-order valence-electron chi connectivity index (χ4n) is 2.04. The van der Waals surface area contributed by atoms with Gasteiger partial charge in [-0.15, -0.1) is 13.2 Å². The highest BCUT2D eigenvalue weighted by atomic mass is 32.2. The number of hydrogen-bond acceptors (Lipinski definition) is 6. The first-order chi connectivity index (χ1) is 12.3. The molecule has 0 saturated carbocycles. The van der Waals surface area contributed by atoms with Crippen LogP contribution in [0.25, 0.3) is 11.2 Å². The molecule has 1 atom stereocenters. The standard InChI is InChI=1S/C15H12F3N5O2S/c1-8(26-14-11-12(20-6-19-11)21-7-22-14)13(24)23-9-2-4-10(5-3-9)25-15(16,17)18/h2-8H,1H3,(H,23,24)(H,19,20,21,22). The number of anilines is 1. The smallest absolute Gasteiger partial charge is 0.406 e. The van der Waals surface area contributed by atoms with Gasteiger partial charge in [-0.2, -0.15) is 0 Å². The number of carbonyl (C=O) groups excluding carboxylic acids is 1. The molecule has 1 amide bonds. The Morgan fingerprint density at radius 3 is 2.65 bits per heavy atom. The van der Waals surface area contributed by atoms with Crippen molar-refractivity contribution in [2.45, 2.75) is 23.6 Å². The number of nitrogens with one attached hydrogen (secondary N) is 2. The van der Waals surface area contributed by atoms with Crippen molar-refractivity contribution in [2.24, 2.45) is 0 Å². The Bertz CT molecular complexity index is 914. The minimum atomic E-state index is -4.76. The maximum absolute atomic E-state index is 12.3. The van der Waals surface area contributed by atoms with Gasteiger partial charge in [0.05, 0.1) is 11.6 Å². The van der Waals surface area contributed by atoms with Gasteiger partial charge in [0.15, 0.2) is 5.65 Å². The number of halogens is 3. The Balaban J connectivity index is 1.63. The largest absolute Gasteiger partial charge is 0.573 e. The molecule has 11 heteroatoms. The molecule has 0 aliphatic heterocycles. The predicted molar refractivity (Wildman–Crippen MR) is 88.8 cm³/mol. The number of aromatic amines is 1. The van der Waals surface area contributed by atoms with Crippen LogP contribution in [0.15, 0.2) is 41.9 Å². The number of rotatable bonds is 5. The Morgan fingerprint density at radius 2 is 1.96 bits per heavy atom. The molecule has 1 aromatic carbocycles. The van der Waals surface area contributed by atoms with Crippen molar-refractivity contribution in [2.75, 3.05) is 5.32 Å². The normalized spacial score (nSPS) is 12.8. The number of thioether (sulfide) groups is 1. The van der Waals surface area contributed by atoms with Gasteiger partial charge >= 0.3 is 6.36 Å². The van der Waals surface area contributed by atoms with Gasteiger partial charge < -0.3 is 15.0 Å². The van der Waals surface area contributed by atoms with Crippen molar-refractivity contribution >= 4 is 34.5 Å². The van der Waals surface area contributed by atoms with Crippen LogP contribution in [0.4, 0.5) is 18.9 Å². The van der Waals surface area contributed by atoms with Gasteiger partial charge in [-0.1, -0.05) is 11.8 Å². The Hall–Kier alpha value is -2.82. The van der Waals surface area contributed by atoms with Crippen LogP contribution in [0.1, 0.15) is 6.92 Å². The molecule has 2 N–H and O–H groups in total. The summed E-state index contributed by atoms with van der Waals surface area (Å²) in [7, 11) is 0. The van der Waals surface area contributed by atoms with E-state index in [4.69, 9.17) is 0 Å². The first-order valence-electron chi connectivity index (χ1n) is 7.29. The topological polar surface area (TPSA) is 92.8 Å².